The van der Waals surface area contributed by atoms with Gasteiger partial charge >= 0.3 is 5.97 Å². The van der Waals surface area contributed by atoms with Crippen LogP contribution in [0.25, 0.3) is 21.7 Å². The van der Waals surface area contributed by atoms with Gasteiger partial charge in [0, 0.05) is 34.6 Å². The zero-order chi connectivity index (χ0) is 22.0. The molecule has 4 rings (SSSR count). The molecule has 2 amide bonds. The monoisotopic (exact) mass is 416 g/mol. The first-order valence-electron chi connectivity index (χ1n) is 9.68. The first kappa shape index (κ1) is 20.2. The third-order valence-electron chi connectivity index (χ3n) is 4.84. The SMILES string of the molecule is CC(=O)Nc1ccc(NC(=O)COC(=O)c2oc3c(ccc4ccccc43)c2C)cc1. The van der Waals surface area contributed by atoms with Gasteiger partial charge in [-0.3, -0.25) is 9.59 Å². The molecule has 1 heterocycles. The van der Waals surface area contributed by atoms with Crippen molar-refractivity contribution in [3.63, 3.8) is 0 Å². The van der Waals surface area contributed by atoms with Gasteiger partial charge in [0.05, 0.1) is 0 Å². The highest BCUT2D eigenvalue weighted by atomic mass is 16.5. The molecule has 0 saturated heterocycles. The van der Waals surface area contributed by atoms with Gasteiger partial charge in [-0.2, -0.15) is 0 Å². The normalized spacial score (nSPS) is 10.8. The van der Waals surface area contributed by atoms with E-state index in [4.69, 9.17) is 9.15 Å². The lowest BCUT2D eigenvalue weighted by atomic mass is 10.1. The number of carbonyl (C=O) groups is 3. The van der Waals surface area contributed by atoms with Gasteiger partial charge in [-0.1, -0.05) is 36.4 Å². The van der Waals surface area contributed by atoms with E-state index in [1.54, 1.807) is 31.2 Å². The maximum absolute atomic E-state index is 12.5. The average Bonchev–Trinajstić information content (AvgIpc) is 3.10. The van der Waals surface area contributed by atoms with Crippen molar-refractivity contribution in [1.82, 2.24) is 0 Å². The topological polar surface area (TPSA) is 97.6 Å². The highest BCUT2D eigenvalue weighted by Gasteiger charge is 2.21. The Labute approximate surface area is 178 Å². The number of fused-ring (bicyclic) bond motifs is 3. The zero-order valence-electron chi connectivity index (χ0n) is 17.0. The quantitative estimate of drug-likeness (QED) is 0.462. The van der Waals surface area contributed by atoms with Crippen LogP contribution in [0, 0.1) is 6.92 Å². The average molecular weight is 416 g/mol. The van der Waals surface area contributed by atoms with Gasteiger partial charge in [0.1, 0.15) is 5.58 Å². The predicted octanol–water partition coefficient (Wildman–Crippen LogP) is 4.65. The Bertz CT molecular complexity index is 1310. The van der Waals surface area contributed by atoms with E-state index < -0.39 is 18.5 Å². The van der Waals surface area contributed by atoms with E-state index in [-0.39, 0.29) is 11.7 Å². The maximum atomic E-state index is 12.5. The van der Waals surface area contributed by atoms with Crippen molar-refractivity contribution in [2.24, 2.45) is 0 Å². The summed E-state index contributed by atoms with van der Waals surface area (Å²) in [6.45, 7) is 2.74. The van der Waals surface area contributed by atoms with Crippen LogP contribution >= 0.6 is 0 Å². The molecule has 0 radical (unpaired) electrons. The molecule has 2 N–H and O–H groups in total. The summed E-state index contributed by atoms with van der Waals surface area (Å²) in [4.78, 5) is 35.7. The number of rotatable bonds is 5. The Hall–Kier alpha value is -4.13. The van der Waals surface area contributed by atoms with Gasteiger partial charge in [-0.05, 0) is 36.6 Å². The lowest BCUT2D eigenvalue weighted by Gasteiger charge is -2.07. The van der Waals surface area contributed by atoms with Crippen molar-refractivity contribution >= 4 is 50.9 Å². The summed E-state index contributed by atoms with van der Waals surface area (Å²) in [6, 6.07) is 18.2. The zero-order valence-corrected chi connectivity index (χ0v) is 17.0. The summed E-state index contributed by atoms with van der Waals surface area (Å²) in [5.74, 6) is -1.29. The number of aryl methyl sites for hydroxylation is 1. The number of furan rings is 1. The summed E-state index contributed by atoms with van der Waals surface area (Å²) in [5.41, 5.74) is 2.41. The summed E-state index contributed by atoms with van der Waals surface area (Å²) in [5, 5.41) is 8.01. The second kappa shape index (κ2) is 8.31. The van der Waals surface area contributed by atoms with E-state index in [1.165, 1.54) is 6.92 Å². The Morgan fingerprint density at radius 1 is 0.871 bits per heavy atom. The Kier molecular flexibility index (Phi) is 5.41. The third kappa shape index (κ3) is 4.25. The minimum atomic E-state index is -0.700. The first-order chi connectivity index (χ1) is 14.9. The Balaban J connectivity index is 1.43. The maximum Gasteiger partial charge on any atom is 0.375 e. The predicted molar refractivity (Wildman–Crippen MR) is 118 cm³/mol. The van der Waals surface area contributed by atoms with Gasteiger partial charge in [-0.15, -0.1) is 0 Å². The van der Waals surface area contributed by atoms with Crippen LogP contribution < -0.4 is 10.6 Å². The van der Waals surface area contributed by atoms with Crippen LogP contribution in [-0.4, -0.2) is 24.4 Å². The van der Waals surface area contributed by atoms with Gasteiger partial charge in [0.25, 0.3) is 5.91 Å². The fourth-order valence-corrected chi connectivity index (χ4v) is 3.38. The van der Waals surface area contributed by atoms with E-state index >= 15 is 0 Å². The molecule has 0 saturated carbocycles. The van der Waals surface area contributed by atoms with Crippen molar-refractivity contribution in [2.45, 2.75) is 13.8 Å². The number of ether oxygens (including phenoxy) is 1. The molecule has 156 valence electrons. The van der Waals surface area contributed by atoms with Gasteiger partial charge < -0.3 is 19.8 Å². The van der Waals surface area contributed by atoms with Crippen LogP contribution in [0.15, 0.2) is 65.1 Å². The number of benzene rings is 3. The molecular formula is C24H20N2O5. The molecule has 0 aliphatic carbocycles. The number of carbonyl (C=O) groups excluding carboxylic acids is 3. The van der Waals surface area contributed by atoms with Crippen molar-refractivity contribution in [3.8, 4) is 0 Å². The summed E-state index contributed by atoms with van der Waals surface area (Å²) in [7, 11) is 0. The molecule has 31 heavy (non-hydrogen) atoms. The molecule has 7 heteroatoms. The van der Waals surface area contributed by atoms with Gasteiger partial charge in [0.15, 0.2) is 6.61 Å². The molecule has 0 atom stereocenters. The van der Waals surface area contributed by atoms with E-state index in [0.29, 0.717) is 22.5 Å². The van der Waals surface area contributed by atoms with Crippen molar-refractivity contribution < 1.29 is 23.5 Å². The van der Waals surface area contributed by atoms with Crippen LogP contribution in [0.5, 0.6) is 0 Å². The van der Waals surface area contributed by atoms with E-state index in [9.17, 15) is 14.4 Å². The molecule has 7 nitrogen and oxygen atoms in total. The standard InChI is InChI=1S/C24H20N2O5/c1-14-19-12-7-16-5-3-4-6-20(16)23(19)31-22(14)24(29)30-13-21(28)26-18-10-8-17(9-11-18)25-15(2)27/h3-12H,13H2,1-2H3,(H,25,27)(H,26,28). The Morgan fingerprint density at radius 3 is 2.26 bits per heavy atom. The fraction of sp³-hybridized carbons (Fsp3) is 0.125. The fourth-order valence-electron chi connectivity index (χ4n) is 3.38. The third-order valence-corrected chi connectivity index (χ3v) is 4.84. The van der Waals surface area contributed by atoms with Crippen molar-refractivity contribution in [1.29, 1.82) is 0 Å². The van der Waals surface area contributed by atoms with E-state index in [2.05, 4.69) is 10.6 Å². The van der Waals surface area contributed by atoms with Crippen molar-refractivity contribution in [3.05, 3.63) is 72.0 Å². The lowest BCUT2D eigenvalue weighted by molar-refractivity contribution is -0.119. The lowest BCUT2D eigenvalue weighted by Crippen LogP contribution is -2.21. The number of amides is 2. The van der Waals surface area contributed by atoms with Crippen molar-refractivity contribution in [2.75, 3.05) is 17.2 Å². The van der Waals surface area contributed by atoms with Crippen LogP contribution in [-0.2, 0) is 14.3 Å². The van der Waals surface area contributed by atoms with Crippen LogP contribution in [0.3, 0.4) is 0 Å². The van der Waals surface area contributed by atoms with Gasteiger partial charge in [-0.25, -0.2) is 4.79 Å². The minimum absolute atomic E-state index is 0.0822. The number of hydrogen-bond acceptors (Lipinski definition) is 5. The molecule has 0 unspecified atom stereocenters. The van der Waals surface area contributed by atoms with E-state index in [0.717, 1.165) is 16.2 Å². The summed E-state index contributed by atoms with van der Waals surface area (Å²) in [6.07, 6.45) is 0. The first-order valence-corrected chi connectivity index (χ1v) is 9.68. The Morgan fingerprint density at radius 2 is 1.55 bits per heavy atom. The molecule has 3 aromatic carbocycles. The largest absolute Gasteiger partial charge is 0.450 e. The number of hydrogen-bond donors (Lipinski definition) is 2. The number of esters is 1. The molecular weight excluding hydrogens is 396 g/mol. The molecule has 1 aromatic heterocycles. The van der Waals surface area contributed by atoms with Crippen LogP contribution in [0.2, 0.25) is 0 Å². The van der Waals surface area contributed by atoms with Crippen LogP contribution in [0.1, 0.15) is 23.0 Å². The highest BCUT2D eigenvalue weighted by molar-refractivity contribution is 6.08. The highest BCUT2D eigenvalue weighted by Crippen LogP contribution is 2.32. The second-order valence-electron chi connectivity index (χ2n) is 7.10. The molecule has 0 aliphatic heterocycles. The molecule has 0 fully saturated rings. The summed E-state index contributed by atoms with van der Waals surface area (Å²) >= 11 is 0. The molecule has 0 spiro atoms. The smallest absolute Gasteiger partial charge is 0.375 e. The van der Waals surface area contributed by atoms with Crippen LogP contribution in [0.4, 0.5) is 11.4 Å². The molecule has 0 aliphatic rings. The minimum Gasteiger partial charge on any atom is -0.450 e. The number of anilines is 2. The van der Waals surface area contributed by atoms with E-state index in [1.807, 2.05) is 36.4 Å². The molecule has 4 aromatic rings. The molecule has 0 bridgehead atoms. The van der Waals surface area contributed by atoms with Gasteiger partial charge in [0.2, 0.25) is 11.7 Å². The second-order valence-corrected chi connectivity index (χ2v) is 7.10. The summed E-state index contributed by atoms with van der Waals surface area (Å²) < 4.78 is 11.0. The number of nitrogens with one attached hydrogen (secondary N) is 2.